The third-order valence-corrected chi connectivity index (χ3v) is 10.3. The van der Waals surface area contributed by atoms with E-state index in [0.29, 0.717) is 40.8 Å². The largest absolute Gasteiger partial charge is 0.370 e. The molecule has 1 aliphatic carbocycles. The first-order valence-corrected chi connectivity index (χ1v) is 17.7. The Labute approximate surface area is 277 Å². The zero-order chi connectivity index (χ0) is 32.4. The van der Waals surface area contributed by atoms with E-state index in [-0.39, 0.29) is 23.1 Å². The van der Waals surface area contributed by atoms with Crippen LogP contribution < -0.4 is 28.2 Å². The molecular formula is C34H42ClFN8OS. The summed E-state index contributed by atoms with van der Waals surface area (Å²) in [6.45, 7) is 0.598. The summed E-state index contributed by atoms with van der Waals surface area (Å²) in [7, 11) is 0. The molecule has 3 heterocycles. The number of aromatic amines is 1. The molecule has 0 spiro atoms. The van der Waals surface area contributed by atoms with Crippen molar-refractivity contribution in [2.45, 2.75) is 80.8 Å². The number of nitrogens with zero attached hydrogens (tertiary/aromatic N) is 3. The summed E-state index contributed by atoms with van der Waals surface area (Å²) < 4.78 is 16.8. The van der Waals surface area contributed by atoms with Crippen LogP contribution in [0.2, 0.25) is 5.02 Å². The molecule has 9 nitrogen and oxygen atoms in total. The van der Waals surface area contributed by atoms with Crippen LogP contribution in [0.3, 0.4) is 0 Å². The molecule has 1 saturated carbocycles. The van der Waals surface area contributed by atoms with Gasteiger partial charge in [-0.05, 0) is 105 Å². The summed E-state index contributed by atoms with van der Waals surface area (Å²) in [6, 6.07) is 12.2. The van der Waals surface area contributed by atoms with Crippen molar-refractivity contribution in [1.29, 1.82) is 0 Å². The van der Waals surface area contributed by atoms with Gasteiger partial charge in [0.05, 0.1) is 16.4 Å². The SMILES string of the molecule is CSc1cc(-n2cc3cc(-c4cc(CCC[C@@H](N)C5CC5)cc(Cl)c4F)[nH]c3nc2=O)ccc1[C@@H]1CCC[C@@H](CCN=C(N)N)N1. The first-order chi connectivity index (χ1) is 22.2. The minimum atomic E-state index is -0.503. The molecule has 0 bridgehead atoms. The van der Waals surface area contributed by atoms with E-state index >= 15 is 4.39 Å². The standard InChI is InChI=1S/C34H42ClFN8OS/c1-46-30-17-23(10-11-24(30)28-7-3-5-22(41-28)12-13-40-33(38)39)44-18-21-16-29(42-32(21)43-34(44)45)25-14-19(15-26(35)31(25)36)4-2-6-27(37)20-8-9-20/h10-11,14-18,20,22,27-28,41H,2-9,12-13,37H2,1H3,(H4,38,39,40)(H,42,43,45)/t22-,27+,28-/m0/s1. The maximum Gasteiger partial charge on any atom is 0.354 e. The first kappa shape index (κ1) is 32.6. The number of piperidine rings is 1. The predicted molar refractivity (Wildman–Crippen MR) is 186 cm³/mol. The molecule has 8 N–H and O–H groups in total. The van der Waals surface area contributed by atoms with E-state index in [1.807, 2.05) is 30.5 Å². The average Bonchev–Trinajstić information content (AvgIpc) is 3.82. The van der Waals surface area contributed by atoms with Gasteiger partial charge < -0.3 is 27.5 Å². The number of nitrogens with one attached hydrogen (secondary N) is 2. The molecule has 0 radical (unpaired) electrons. The topological polar surface area (TPSA) is 153 Å². The van der Waals surface area contributed by atoms with E-state index < -0.39 is 11.5 Å². The lowest BCUT2D eigenvalue weighted by atomic mass is 9.92. The van der Waals surface area contributed by atoms with Gasteiger partial charge in [0, 0.05) is 46.7 Å². The Morgan fingerprint density at radius 3 is 2.78 bits per heavy atom. The minimum Gasteiger partial charge on any atom is -0.370 e. The van der Waals surface area contributed by atoms with Crippen LogP contribution in [-0.4, -0.2) is 45.4 Å². The van der Waals surface area contributed by atoms with Crippen LogP contribution in [0, 0.1) is 11.7 Å². The van der Waals surface area contributed by atoms with Gasteiger partial charge in [-0.2, -0.15) is 4.98 Å². The van der Waals surface area contributed by atoms with Gasteiger partial charge >= 0.3 is 5.69 Å². The Morgan fingerprint density at radius 1 is 1.20 bits per heavy atom. The zero-order valence-corrected chi connectivity index (χ0v) is 27.6. The van der Waals surface area contributed by atoms with Crippen LogP contribution in [-0.2, 0) is 6.42 Å². The van der Waals surface area contributed by atoms with E-state index in [4.69, 9.17) is 28.8 Å². The lowest BCUT2D eigenvalue weighted by molar-refractivity contribution is 0.312. The summed E-state index contributed by atoms with van der Waals surface area (Å²) in [5.74, 6) is 0.269. The summed E-state index contributed by atoms with van der Waals surface area (Å²) in [5, 5.41) is 4.54. The summed E-state index contributed by atoms with van der Waals surface area (Å²) in [6.07, 6.45) is 13.0. The number of hydrogen-bond acceptors (Lipinski definition) is 6. The van der Waals surface area contributed by atoms with E-state index in [1.54, 1.807) is 28.6 Å². The normalized spacial score (nSPS) is 19.0. The van der Waals surface area contributed by atoms with Gasteiger partial charge in [-0.15, -0.1) is 11.8 Å². The number of benzene rings is 2. The van der Waals surface area contributed by atoms with Gasteiger partial charge in [-0.25, -0.2) is 9.18 Å². The number of rotatable bonds is 12. The lowest BCUT2D eigenvalue weighted by Crippen LogP contribution is -2.37. The summed E-state index contributed by atoms with van der Waals surface area (Å²) in [5.41, 5.74) is 21.0. The quantitative estimate of drug-likeness (QED) is 0.0729. The average molecular weight is 665 g/mol. The smallest absolute Gasteiger partial charge is 0.354 e. The molecule has 46 heavy (non-hydrogen) atoms. The lowest BCUT2D eigenvalue weighted by Gasteiger charge is -2.32. The van der Waals surface area contributed by atoms with Gasteiger partial charge in [0.1, 0.15) is 5.65 Å². The van der Waals surface area contributed by atoms with Gasteiger partial charge in [-0.1, -0.05) is 24.1 Å². The number of H-pyrrole nitrogens is 1. The molecule has 1 saturated heterocycles. The van der Waals surface area contributed by atoms with Gasteiger partial charge in [0.15, 0.2) is 11.8 Å². The molecule has 12 heteroatoms. The number of guanidine groups is 1. The van der Waals surface area contributed by atoms with Crippen LogP contribution in [0.5, 0.6) is 0 Å². The summed E-state index contributed by atoms with van der Waals surface area (Å²) >= 11 is 7.98. The number of hydrogen-bond donors (Lipinski definition) is 5. The highest BCUT2D eigenvalue weighted by Gasteiger charge is 2.28. The van der Waals surface area contributed by atoms with Crippen molar-refractivity contribution in [3.05, 3.63) is 75.0 Å². The third-order valence-electron chi connectivity index (χ3n) is 9.24. The van der Waals surface area contributed by atoms with Crippen molar-refractivity contribution in [2.24, 2.45) is 28.1 Å². The van der Waals surface area contributed by atoms with Crippen molar-refractivity contribution < 1.29 is 4.39 Å². The molecular weight excluding hydrogens is 623 g/mol. The first-order valence-electron chi connectivity index (χ1n) is 16.1. The van der Waals surface area contributed by atoms with Gasteiger partial charge in [0.25, 0.3) is 0 Å². The number of nitrogens with two attached hydrogens (primary N) is 3. The molecule has 0 amide bonds. The van der Waals surface area contributed by atoms with Crippen LogP contribution >= 0.6 is 23.4 Å². The van der Waals surface area contributed by atoms with Crippen molar-refractivity contribution in [1.82, 2.24) is 19.9 Å². The highest BCUT2D eigenvalue weighted by atomic mass is 35.5. The fraction of sp³-hybridized carbons (Fsp3) is 0.441. The van der Waals surface area contributed by atoms with Gasteiger partial charge in [0.2, 0.25) is 0 Å². The number of thioether (sulfide) groups is 1. The summed E-state index contributed by atoms with van der Waals surface area (Å²) in [4.78, 5) is 25.9. The van der Waals surface area contributed by atoms with Crippen LogP contribution in [0.4, 0.5) is 4.39 Å². The second-order valence-electron chi connectivity index (χ2n) is 12.6. The van der Waals surface area contributed by atoms with Crippen LogP contribution in [0.25, 0.3) is 28.0 Å². The fourth-order valence-electron chi connectivity index (χ4n) is 6.59. The molecule has 0 unspecified atom stereocenters. The number of aliphatic imine (C=N–C) groups is 1. The van der Waals surface area contributed by atoms with Crippen molar-refractivity contribution >= 4 is 40.4 Å². The highest BCUT2D eigenvalue weighted by Crippen LogP contribution is 2.36. The maximum absolute atomic E-state index is 15.3. The minimum absolute atomic E-state index is 0.0717. The predicted octanol–water partition coefficient (Wildman–Crippen LogP) is 5.80. The molecule has 2 aromatic carbocycles. The number of halogens is 2. The third kappa shape index (κ3) is 7.43. The second kappa shape index (κ2) is 14.2. The Balaban J connectivity index is 1.23. The van der Waals surface area contributed by atoms with E-state index in [1.165, 1.54) is 18.4 Å². The molecule has 1 aliphatic heterocycles. The van der Waals surface area contributed by atoms with Crippen molar-refractivity contribution in [3.8, 4) is 16.9 Å². The molecule has 6 rings (SSSR count). The van der Waals surface area contributed by atoms with Crippen molar-refractivity contribution in [3.63, 3.8) is 0 Å². The maximum atomic E-state index is 15.3. The molecule has 3 atom stereocenters. The Bertz CT molecular complexity index is 1800. The van der Waals surface area contributed by atoms with Crippen LogP contribution in [0.15, 0.2) is 57.3 Å². The molecule has 2 aliphatic rings. The number of aryl methyl sites for hydroxylation is 1. The zero-order valence-electron chi connectivity index (χ0n) is 26.1. The second-order valence-corrected chi connectivity index (χ2v) is 13.8. The Hall–Kier alpha value is -3.38. The molecule has 2 fully saturated rings. The van der Waals surface area contributed by atoms with Crippen LogP contribution in [0.1, 0.15) is 68.5 Å². The molecule has 2 aromatic heterocycles. The Morgan fingerprint density at radius 2 is 2.02 bits per heavy atom. The fourth-order valence-corrected chi connectivity index (χ4v) is 7.52. The van der Waals surface area contributed by atoms with E-state index in [9.17, 15) is 4.79 Å². The molecule has 4 aromatic rings. The highest BCUT2D eigenvalue weighted by molar-refractivity contribution is 7.98. The van der Waals surface area contributed by atoms with Gasteiger partial charge in [-0.3, -0.25) is 9.56 Å². The van der Waals surface area contributed by atoms with Crippen molar-refractivity contribution in [2.75, 3.05) is 12.8 Å². The number of aromatic nitrogens is 3. The van der Waals surface area contributed by atoms with E-state index in [2.05, 4.69) is 26.3 Å². The molecule has 244 valence electrons. The number of fused-ring (bicyclic) bond motifs is 1. The monoisotopic (exact) mass is 664 g/mol. The Kier molecular flexibility index (Phi) is 10.0. The van der Waals surface area contributed by atoms with E-state index in [0.717, 1.165) is 61.1 Å².